The molecule has 1 atom stereocenters. The Bertz CT molecular complexity index is 643. The van der Waals surface area contributed by atoms with Crippen molar-refractivity contribution in [2.45, 2.75) is 19.9 Å². The Morgan fingerprint density at radius 3 is 2.62 bits per heavy atom. The van der Waals surface area contributed by atoms with Gasteiger partial charge >= 0.3 is 0 Å². The lowest BCUT2D eigenvalue weighted by Gasteiger charge is -2.13. The number of carbonyl (C=O) groups excluding carboxylic acids is 2. The van der Waals surface area contributed by atoms with E-state index in [0.29, 0.717) is 11.4 Å². The Hall–Kier alpha value is -2.76. The van der Waals surface area contributed by atoms with Gasteiger partial charge in [-0.15, -0.1) is 0 Å². The number of hydrogen-bond donors (Lipinski definition) is 2. The molecule has 1 unspecified atom stereocenters. The highest BCUT2D eigenvalue weighted by atomic mass is 16.2. The van der Waals surface area contributed by atoms with Gasteiger partial charge in [0.25, 0.3) is 5.91 Å². The van der Waals surface area contributed by atoms with Crippen LogP contribution in [-0.2, 0) is 4.79 Å². The molecule has 108 valence electrons. The topological polar surface area (TPSA) is 84.0 Å². The molecule has 0 fully saturated rings. The number of pyridine rings is 2. The highest BCUT2D eigenvalue weighted by Crippen LogP contribution is 2.11. The zero-order chi connectivity index (χ0) is 15.2. The molecule has 2 aromatic heterocycles. The zero-order valence-corrected chi connectivity index (χ0v) is 11.8. The first kappa shape index (κ1) is 14.6. The van der Waals surface area contributed by atoms with E-state index in [1.807, 2.05) is 25.1 Å². The maximum Gasteiger partial charge on any atom is 0.251 e. The number of nitrogens with zero attached hydrogens (tertiary/aromatic N) is 2. The quantitative estimate of drug-likeness (QED) is 0.898. The Balaban J connectivity index is 2.08. The lowest BCUT2D eigenvalue weighted by molar-refractivity contribution is -0.114. The molecule has 6 nitrogen and oxygen atoms in total. The average Bonchev–Trinajstić information content (AvgIpc) is 2.47. The third-order valence-corrected chi connectivity index (χ3v) is 2.81. The van der Waals surface area contributed by atoms with Gasteiger partial charge in [-0.2, -0.15) is 0 Å². The zero-order valence-electron chi connectivity index (χ0n) is 11.8. The van der Waals surface area contributed by atoms with Gasteiger partial charge in [-0.3, -0.25) is 14.6 Å². The van der Waals surface area contributed by atoms with Crippen LogP contribution >= 0.6 is 0 Å². The van der Waals surface area contributed by atoms with Crippen LogP contribution in [0.5, 0.6) is 0 Å². The van der Waals surface area contributed by atoms with E-state index in [-0.39, 0.29) is 17.9 Å². The van der Waals surface area contributed by atoms with Crippen LogP contribution in [0.15, 0.2) is 42.7 Å². The smallest absolute Gasteiger partial charge is 0.251 e. The first-order valence-corrected chi connectivity index (χ1v) is 6.51. The van der Waals surface area contributed by atoms with E-state index in [0.717, 1.165) is 5.69 Å². The number of amides is 2. The molecule has 0 radical (unpaired) electrons. The summed E-state index contributed by atoms with van der Waals surface area (Å²) in [4.78, 5) is 31.4. The van der Waals surface area contributed by atoms with Crippen LogP contribution in [0.4, 0.5) is 5.82 Å². The van der Waals surface area contributed by atoms with Crippen molar-refractivity contribution in [3.63, 3.8) is 0 Å². The van der Waals surface area contributed by atoms with Crippen molar-refractivity contribution in [3.8, 4) is 0 Å². The largest absolute Gasteiger partial charge is 0.344 e. The van der Waals surface area contributed by atoms with Gasteiger partial charge in [0.2, 0.25) is 5.91 Å². The van der Waals surface area contributed by atoms with E-state index in [9.17, 15) is 9.59 Å². The summed E-state index contributed by atoms with van der Waals surface area (Å²) in [6, 6.07) is 8.44. The molecule has 6 heteroatoms. The summed E-state index contributed by atoms with van der Waals surface area (Å²) in [5.74, 6) is -0.135. The van der Waals surface area contributed by atoms with Gasteiger partial charge in [0, 0.05) is 24.9 Å². The van der Waals surface area contributed by atoms with Crippen molar-refractivity contribution in [2.75, 3.05) is 5.32 Å². The molecule has 21 heavy (non-hydrogen) atoms. The molecule has 0 aliphatic heterocycles. The van der Waals surface area contributed by atoms with Crippen LogP contribution in [0.25, 0.3) is 0 Å². The minimum Gasteiger partial charge on any atom is -0.344 e. The Morgan fingerprint density at radius 2 is 1.95 bits per heavy atom. The predicted octanol–water partition coefficient (Wildman–Crippen LogP) is 1.93. The molecule has 0 spiro atoms. The summed E-state index contributed by atoms with van der Waals surface area (Å²) in [6.07, 6.45) is 3.16. The van der Waals surface area contributed by atoms with E-state index < -0.39 is 0 Å². The molecule has 0 saturated carbocycles. The summed E-state index contributed by atoms with van der Waals surface area (Å²) < 4.78 is 0. The van der Waals surface area contributed by atoms with E-state index in [2.05, 4.69) is 20.6 Å². The standard InChI is InChI=1S/C15H16N4O2/c1-10(13-5-3-4-7-16-13)18-15(21)12-6-8-17-14(9-12)19-11(2)20/h3-10H,1-2H3,(H,18,21)(H,17,19,20). The summed E-state index contributed by atoms with van der Waals surface area (Å²) in [5, 5.41) is 5.39. The third kappa shape index (κ3) is 4.10. The van der Waals surface area contributed by atoms with Gasteiger partial charge in [-0.25, -0.2) is 4.98 Å². The van der Waals surface area contributed by atoms with Crippen LogP contribution in [-0.4, -0.2) is 21.8 Å². The molecule has 0 bridgehead atoms. The van der Waals surface area contributed by atoms with Crippen molar-refractivity contribution in [2.24, 2.45) is 0 Å². The van der Waals surface area contributed by atoms with Crippen LogP contribution < -0.4 is 10.6 Å². The molecule has 2 heterocycles. The molecule has 2 rings (SSSR count). The first-order chi connectivity index (χ1) is 10.1. The average molecular weight is 284 g/mol. The first-order valence-electron chi connectivity index (χ1n) is 6.51. The monoisotopic (exact) mass is 284 g/mol. The van der Waals surface area contributed by atoms with Crippen LogP contribution in [0.3, 0.4) is 0 Å². The van der Waals surface area contributed by atoms with Crippen LogP contribution in [0, 0.1) is 0 Å². The Kier molecular flexibility index (Phi) is 4.61. The van der Waals surface area contributed by atoms with E-state index in [1.165, 1.54) is 19.2 Å². The van der Waals surface area contributed by atoms with E-state index >= 15 is 0 Å². The molecule has 2 amide bonds. The number of anilines is 1. The number of carbonyl (C=O) groups is 2. The highest BCUT2D eigenvalue weighted by molar-refractivity contribution is 5.96. The maximum absolute atomic E-state index is 12.2. The predicted molar refractivity (Wildman–Crippen MR) is 78.7 cm³/mol. The fraction of sp³-hybridized carbons (Fsp3) is 0.200. The minimum absolute atomic E-state index is 0.212. The Morgan fingerprint density at radius 1 is 1.14 bits per heavy atom. The van der Waals surface area contributed by atoms with Crippen LogP contribution in [0.1, 0.15) is 35.9 Å². The minimum atomic E-state index is -0.248. The molecular formula is C15H16N4O2. The van der Waals surface area contributed by atoms with Crippen molar-refractivity contribution in [1.82, 2.24) is 15.3 Å². The van der Waals surface area contributed by atoms with Crippen molar-refractivity contribution in [1.29, 1.82) is 0 Å². The molecule has 2 aromatic rings. The van der Waals surface area contributed by atoms with Gasteiger partial charge < -0.3 is 10.6 Å². The van der Waals surface area contributed by atoms with Gasteiger partial charge in [0.1, 0.15) is 5.82 Å². The number of nitrogens with one attached hydrogen (secondary N) is 2. The second-order valence-corrected chi connectivity index (χ2v) is 4.56. The lowest BCUT2D eigenvalue weighted by Crippen LogP contribution is -2.27. The fourth-order valence-corrected chi connectivity index (χ4v) is 1.81. The van der Waals surface area contributed by atoms with Crippen molar-refractivity contribution < 1.29 is 9.59 Å². The molecule has 0 aromatic carbocycles. The van der Waals surface area contributed by atoms with Gasteiger partial charge in [-0.05, 0) is 31.2 Å². The molecule has 0 aliphatic rings. The van der Waals surface area contributed by atoms with Crippen LogP contribution in [0.2, 0.25) is 0 Å². The molecule has 2 N–H and O–H groups in total. The van der Waals surface area contributed by atoms with E-state index in [4.69, 9.17) is 0 Å². The number of rotatable bonds is 4. The van der Waals surface area contributed by atoms with E-state index in [1.54, 1.807) is 12.3 Å². The van der Waals surface area contributed by atoms with Gasteiger partial charge in [0.05, 0.1) is 11.7 Å². The van der Waals surface area contributed by atoms with Gasteiger partial charge in [-0.1, -0.05) is 6.07 Å². The third-order valence-electron chi connectivity index (χ3n) is 2.81. The lowest BCUT2D eigenvalue weighted by atomic mass is 10.2. The Labute approximate surface area is 122 Å². The SMILES string of the molecule is CC(=O)Nc1cc(C(=O)NC(C)c2ccccn2)ccn1. The maximum atomic E-state index is 12.2. The number of aromatic nitrogens is 2. The molecule has 0 saturated heterocycles. The summed E-state index contributed by atoms with van der Waals surface area (Å²) in [6.45, 7) is 3.24. The van der Waals surface area contributed by atoms with Crippen molar-refractivity contribution >= 4 is 17.6 Å². The second-order valence-electron chi connectivity index (χ2n) is 4.56. The second kappa shape index (κ2) is 6.60. The normalized spacial score (nSPS) is 11.5. The molecular weight excluding hydrogens is 268 g/mol. The van der Waals surface area contributed by atoms with Crippen molar-refractivity contribution in [3.05, 3.63) is 54.0 Å². The molecule has 0 aliphatic carbocycles. The fourth-order valence-electron chi connectivity index (χ4n) is 1.81. The summed E-state index contributed by atoms with van der Waals surface area (Å²) >= 11 is 0. The summed E-state index contributed by atoms with van der Waals surface area (Å²) in [7, 11) is 0. The summed E-state index contributed by atoms with van der Waals surface area (Å²) in [5.41, 5.74) is 1.21. The highest BCUT2D eigenvalue weighted by Gasteiger charge is 2.13. The number of hydrogen-bond acceptors (Lipinski definition) is 4. The van der Waals surface area contributed by atoms with Gasteiger partial charge in [0.15, 0.2) is 0 Å².